The normalized spacial score (nSPS) is 12.2. The van der Waals surface area contributed by atoms with Gasteiger partial charge in [-0.05, 0) is 24.6 Å². The Morgan fingerprint density at radius 2 is 2.18 bits per heavy atom. The standard InChI is InChI=1S/C12H15F2NO2/c1-2-3-12(17)15-7-11(16)9-6-8(13)4-5-10(9)14/h4-6,11,16H,2-3,7H2,1H3,(H,15,17). The number of rotatable bonds is 5. The molecule has 2 N–H and O–H groups in total. The second-order valence-electron chi connectivity index (χ2n) is 3.74. The van der Waals surface area contributed by atoms with Crippen LogP contribution in [-0.2, 0) is 4.79 Å². The van der Waals surface area contributed by atoms with Gasteiger partial charge in [0.25, 0.3) is 0 Å². The van der Waals surface area contributed by atoms with Crippen molar-refractivity contribution in [2.24, 2.45) is 0 Å². The summed E-state index contributed by atoms with van der Waals surface area (Å²) in [6.45, 7) is 1.72. The number of aliphatic hydroxyl groups is 1. The highest BCUT2D eigenvalue weighted by Gasteiger charge is 2.14. The monoisotopic (exact) mass is 243 g/mol. The van der Waals surface area contributed by atoms with E-state index in [1.54, 1.807) is 0 Å². The van der Waals surface area contributed by atoms with Crippen molar-refractivity contribution in [1.29, 1.82) is 0 Å². The third kappa shape index (κ3) is 4.11. The first-order valence-electron chi connectivity index (χ1n) is 5.44. The van der Waals surface area contributed by atoms with Crippen molar-refractivity contribution in [1.82, 2.24) is 5.32 Å². The predicted octanol–water partition coefficient (Wildman–Crippen LogP) is 1.91. The molecule has 0 saturated heterocycles. The van der Waals surface area contributed by atoms with Crippen molar-refractivity contribution in [3.05, 3.63) is 35.4 Å². The van der Waals surface area contributed by atoms with E-state index in [9.17, 15) is 18.7 Å². The Hall–Kier alpha value is -1.49. The quantitative estimate of drug-likeness (QED) is 0.830. The molecule has 0 spiro atoms. The van der Waals surface area contributed by atoms with Crippen LogP contribution in [0, 0.1) is 11.6 Å². The van der Waals surface area contributed by atoms with E-state index < -0.39 is 17.7 Å². The molecule has 1 unspecified atom stereocenters. The largest absolute Gasteiger partial charge is 0.386 e. The van der Waals surface area contributed by atoms with Gasteiger partial charge < -0.3 is 10.4 Å². The Bertz CT molecular complexity index is 396. The summed E-state index contributed by atoms with van der Waals surface area (Å²) in [6, 6.07) is 2.84. The molecular formula is C12H15F2NO2. The molecule has 0 radical (unpaired) electrons. The second-order valence-corrected chi connectivity index (χ2v) is 3.74. The summed E-state index contributed by atoms with van der Waals surface area (Å²) in [5.74, 6) is -1.53. The fourth-order valence-electron chi connectivity index (χ4n) is 1.41. The van der Waals surface area contributed by atoms with Crippen LogP contribution in [0.4, 0.5) is 8.78 Å². The summed E-state index contributed by atoms with van der Waals surface area (Å²) in [6.07, 6.45) is -0.208. The number of amides is 1. The summed E-state index contributed by atoms with van der Waals surface area (Å²) < 4.78 is 26.1. The van der Waals surface area contributed by atoms with Crippen LogP contribution in [0.15, 0.2) is 18.2 Å². The maximum absolute atomic E-state index is 13.3. The van der Waals surface area contributed by atoms with Gasteiger partial charge in [-0.15, -0.1) is 0 Å². The minimum atomic E-state index is -1.24. The third-order valence-corrected chi connectivity index (χ3v) is 2.29. The van der Waals surface area contributed by atoms with Crippen LogP contribution in [0.3, 0.4) is 0 Å². The van der Waals surface area contributed by atoms with Crippen LogP contribution < -0.4 is 5.32 Å². The van der Waals surface area contributed by atoms with Crippen molar-refractivity contribution in [3.63, 3.8) is 0 Å². The molecule has 3 nitrogen and oxygen atoms in total. The smallest absolute Gasteiger partial charge is 0.220 e. The van der Waals surface area contributed by atoms with E-state index in [1.807, 2.05) is 6.92 Å². The van der Waals surface area contributed by atoms with Gasteiger partial charge >= 0.3 is 0 Å². The number of hydrogen-bond acceptors (Lipinski definition) is 2. The van der Waals surface area contributed by atoms with Gasteiger partial charge in [-0.25, -0.2) is 8.78 Å². The van der Waals surface area contributed by atoms with Crippen LogP contribution >= 0.6 is 0 Å². The number of aliphatic hydroxyl groups excluding tert-OH is 1. The van der Waals surface area contributed by atoms with Gasteiger partial charge in [0.15, 0.2) is 0 Å². The zero-order valence-electron chi connectivity index (χ0n) is 9.54. The van der Waals surface area contributed by atoms with Crippen LogP contribution in [-0.4, -0.2) is 17.6 Å². The van der Waals surface area contributed by atoms with Gasteiger partial charge in [0.05, 0.1) is 6.10 Å². The lowest BCUT2D eigenvalue weighted by atomic mass is 10.1. The van der Waals surface area contributed by atoms with Gasteiger partial charge in [-0.3, -0.25) is 4.79 Å². The van der Waals surface area contributed by atoms with Gasteiger partial charge in [-0.2, -0.15) is 0 Å². The van der Waals surface area contributed by atoms with E-state index in [-0.39, 0.29) is 18.0 Å². The second kappa shape index (κ2) is 6.30. The maximum atomic E-state index is 13.3. The van der Waals surface area contributed by atoms with Crippen LogP contribution in [0.1, 0.15) is 31.4 Å². The minimum Gasteiger partial charge on any atom is -0.386 e. The van der Waals surface area contributed by atoms with E-state index in [2.05, 4.69) is 5.32 Å². The number of hydrogen-bond donors (Lipinski definition) is 2. The molecule has 0 heterocycles. The molecule has 0 aliphatic heterocycles. The average Bonchev–Trinajstić information content (AvgIpc) is 2.29. The summed E-state index contributed by atoms with van der Waals surface area (Å²) >= 11 is 0. The molecule has 0 aromatic heterocycles. The van der Waals surface area contributed by atoms with Crippen molar-refractivity contribution < 1.29 is 18.7 Å². The third-order valence-electron chi connectivity index (χ3n) is 2.29. The van der Waals surface area contributed by atoms with Gasteiger partial charge in [-0.1, -0.05) is 6.92 Å². The Balaban J connectivity index is 2.60. The lowest BCUT2D eigenvalue weighted by molar-refractivity contribution is -0.121. The van der Waals surface area contributed by atoms with E-state index in [0.29, 0.717) is 12.8 Å². The van der Waals surface area contributed by atoms with E-state index in [0.717, 1.165) is 18.2 Å². The zero-order valence-corrected chi connectivity index (χ0v) is 9.54. The molecule has 1 rings (SSSR count). The van der Waals surface area contributed by atoms with Crippen LogP contribution in [0.5, 0.6) is 0 Å². The highest BCUT2D eigenvalue weighted by atomic mass is 19.1. The highest BCUT2D eigenvalue weighted by Crippen LogP contribution is 2.17. The Labute approximate surface area is 98.5 Å². The number of benzene rings is 1. The predicted molar refractivity (Wildman–Crippen MR) is 59.2 cm³/mol. The molecule has 0 bridgehead atoms. The number of carbonyl (C=O) groups excluding carboxylic acids is 1. The molecule has 1 aromatic rings. The van der Waals surface area contributed by atoms with Crippen molar-refractivity contribution in [2.45, 2.75) is 25.9 Å². The summed E-state index contributed by atoms with van der Waals surface area (Å²) in [5.41, 5.74) is -0.151. The van der Waals surface area contributed by atoms with Crippen molar-refractivity contribution >= 4 is 5.91 Å². The molecule has 0 aliphatic carbocycles. The minimum absolute atomic E-state index is 0.126. The van der Waals surface area contributed by atoms with E-state index in [4.69, 9.17) is 0 Å². The molecule has 0 fully saturated rings. The summed E-state index contributed by atoms with van der Waals surface area (Å²) in [7, 11) is 0. The average molecular weight is 243 g/mol. The molecule has 1 aromatic carbocycles. The van der Waals surface area contributed by atoms with Crippen molar-refractivity contribution in [2.75, 3.05) is 6.54 Å². The molecule has 0 saturated carbocycles. The first-order valence-corrected chi connectivity index (χ1v) is 5.44. The summed E-state index contributed by atoms with van der Waals surface area (Å²) in [5, 5.41) is 12.1. The SMILES string of the molecule is CCCC(=O)NCC(O)c1cc(F)ccc1F. The molecule has 0 aliphatic rings. The molecular weight excluding hydrogens is 228 g/mol. The Morgan fingerprint density at radius 3 is 2.82 bits per heavy atom. The summed E-state index contributed by atoms with van der Waals surface area (Å²) in [4.78, 5) is 11.1. The molecule has 5 heteroatoms. The Kier molecular flexibility index (Phi) is 5.03. The topological polar surface area (TPSA) is 49.3 Å². The lowest BCUT2D eigenvalue weighted by Crippen LogP contribution is -2.28. The molecule has 1 atom stereocenters. The number of carbonyl (C=O) groups is 1. The lowest BCUT2D eigenvalue weighted by Gasteiger charge is -2.13. The molecule has 17 heavy (non-hydrogen) atoms. The fraction of sp³-hybridized carbons (Fsp3) is 0.417. The van der Waals surface area contributed by atoms with E-state index in [1.165, 1.54) is 0 Å². The first kappa shape index (κ1) is 13.6. The van der Waals surface area contributed by atoms with Crippen LogP contribution in [0.2, 0.25) is 0 Å². The molecule has 1 amide bonds. The Morgan fingerprint density at radius 1 is 1.47 bits per heavy atom. The van der Waals surface area contributed by atoms with E-state index >= 15 is 0 Å². The first-order chi connectivity index (χ1) is 8.04. The maximum Gasteiger partial charge on any atom is 0.220 e. The van der Waals surface area contributed by atoms with Gasteiger partial charge in [0, 0.05) is 18.5 Å². The van der Waals surface area contributed by atoms with Gasteiger partial charge in [0.2, 0.25) is 5.91 Å². The fourth-order valence-corrected chi connectivity index (χ4v) is 1.41. The number of nitrogens with one attached hydrogen (secondary N) is 1. The van der Waals surface area contributed by atoms with Gasteiger partial charge in [0.1, 0.15) is 11.6 Å². The number of halogens is 2. The van der Waals surface area contributed by atoms with Crippen molar-refractivity contribution in [3.8, 4) is 0 Å². The zero-order chi connectivity index (χ0) is 12.8. The molecule has 94 valence electrons. The highest BCUT2D eigenvalue weighted by molar-refractivity contribution is 5.75. The van der Waals surface area contributed by atoms with Crippen LogP contribution in [0.25, 0.3) is 0 Å².